The Hall–Kier alpha value is -0.720. The van der Waals surface area contributed by atoms with E-state index < -0.39 is 75.2 Å². The van der Waals surface area contributed by atoms with Gasteiger partial charge >= 0.3 is 20.8 Å². The summed E-state index contributed by atoms with van der Waals surface area (Å²) in [7, 11) is -9.63. The summed E-state index contributed by atoms with van der Waals surface area (Å²) in [4.78, 5) is 0. The second-order valence-electron chi connectivity index (χ2n) is 13.5. The molecule has 4 aliphatic carbocycles. The highest BCUT2D eigenvalue weighted by atomic mass is 32.3. The second kappa shape index (κ2) is 11.3. The van der Waals surface area contributed by atoms with Gasteiger partial charge in [-0.3, -0.25) is 9.11 Å². The smallest absolute Gasteiger partial charge is 0.393 e. The van der Waals surface area contributed by atoms with Crippen molar-refractivity contribution in [3.63, 3.8) is 0 Å². The number of allylic oxidation sites excluding steroid dienone is 2. The predicted molar refractivity (Wildman–Crippen MR) is 146 cm³/mol. The van der Waals surface area contributed by atoms with Crippen molar-refractivity contribution in [2.75, 3.05) is 0 Å². The van der Waals surface area contributed by atoms with E-state index in [9.17, 15) is 36.7 Å². The van der Waals surface area contributed by atoms with E-state index in [1.54, 1.807) is 0 Å². The molecule has 15 heteroatoms. The van der Waals surface area contributed by atoms with Gasteiger partial charge in [-0.05, 0) is 93.3 Å². The Labute approximate surface area is 247 Å². The molecule has 1 saturated heterocycles. The van der Waals surface area contributed by atoms with Crippen molar-refractivity contribution in [2.45, 2.75) is 122 Å². The summed E-state index contributed by atoms with van der Waals surface area (Å²) >= 11 is 0. The average Bonchev–Trinajstić information content (AvgIpc) is 3.22. The van der Waals surface area contributed by atoms with Gasteiger partial charge in [-0.15, -0.1) is 0 Å². The Bertz CT molecular complexity index is 1270. The second-order valence-corrected chi connectivity index (χ2v) is 15.6. The summed E-state index contributed by atoms with van der Waals surface area (Å²) in [6.45, 7) is 7.62. The zero-order valence-electron chi connectivity index (χ0n) is 24.3. The van der Waals surface area contributed by atoms with E-state index in [0.717, 1.165) is 19.3 Å². The molecule has 0 unspecified atom stereocenters. The zero-order chi connectivity index (χ0) is 31.0. The molecule has 13 nitrogen and oxygen atoms in total. The van der Waals surface area contributed by atoms with Crippen LogP contribution in [0.5, 0.6) is 0 Å². The third-order valence-corrected chi connectivity index (χ3v) is 12.2. The lowest BCUT2D eigenvalue weighted by Crippen LogP contribution is -2.61. The van der Waals surface area contributed by atoms with Gasteiger partial charge in [0.25, 0.3) is 0 Å². The monoisotopic (exact) mass is 640 g/mol. The Balaban J connectivity index is 1.46. The maximum absolute atomic E-state index is 11.6. The summed E-state index contributed by atoms with van der Waals surface area (Å²) in [5.74, 6) is 0.204. The Morgan fingerprint density at radius 2 is 1.64 bits per heavy atom. The van der Waals surface area contributed by atoms with Crippen LogP contribution in [0.3, 0.4) is 0 Å². The number of aliphatic hydroxyl groups is 3. The fourth-order valence-corrected chi connectivity index (χ4v) is 10.4. The van der Waals surface area contributed by atoms with E-state index in [0.29, 0.717) is 19.3 Å². The first-order valence-electron chi connectivity index (χ1n) is 14.7. The van der Waals surface area contributed by atoms with Crippen molar-refractivity contribution in [3.8, 4) is 0 Å². The summed E-state index contributed by atoms with van der Waals surface area (Å²) in [6.07, 6.45) is -2.64. The predicted octanol–water partition coefficient (Wildman–Crippen LogP) is 1.78. The third-order valence-electron chi connectivity index (χ3n) is 11.2. The molecule has 0 radical (unpaired) electrons. The molecule has 14 atom stereocenters. The highest BCUT2D eigenvalue weighted by Crippen LogP contribution is 2.66. The van der Waals surface area contributed by atoms with E-state index in [-0.39, 0.29) is 35.5 Å². The largest absolute Gasteiger partial charge is 0.397 e. The molecule has 5 rings (SSSR count). The molecule has 0 amide bonds. The summed E-state index contributed by atoms with van der Waals surface area (Å²) in [6, 6.07) is 0. The maximum atomic E-state index is 11.6. The standard InChI is InChI=1S/C27H44O13S2/c1-13(28)17-5-6-18-16-12-21(38-25-23(30)22(29)24(14(2)37-25)40-42(34,35)36)20-11-15(39-41(31,32)33)7-9-27(20,4)19(16)8-10-26(17,18)3/h8,13-18,20-25,28-30H,5-7,9-12H2,1-4H3,(H,31,32,33)(H,34,35,36)/t13-,14+,15-,16-,17+,18-,20+,21-,22-,23+,24-,25-,26+,27+/m0/s1. The van der Waals surface area contributed by atoms with Crippen molar-refractivity contribution in [1.82, 2.24) is 0 Å². The molecule has 1 aliphatic heterocycles. The minimum atomic E-state index is -4.94. The molecule has 0 bridgehead atoms. The quantitative estimate of drug-likeness (QED) is 0.199. The number of aliphatic hydroxyl groups excluding tert-OH is 3. The third kappa shape index (κ3) is 5.96. The van der Waals surface area contributed by atoms with Crippen LogP contribution in [0.15, 0.2) is 11.6 Å². The van der Waals surface area contributed by atoms with Gasteiger partial charge < -0.3 is 24.8 Å². The number of hydrogen-bond acceptors (Lipinski definition) is 11. The van der Waals surface area contributed by atoms with Gasteiger partial charge in [0.2, 0.25) is 0 Å². The first kappa shape index (κ1) is 32.7. The van der Waals surface area contributed by atoms with Crippen LogP contribution in [-0.2, 0) is 38.6 Å². The number of ether oxygens (including phenoxy) is 2. The van der Waals surface area contributed by atoms with E-state index in [1.165, 1.54) is 12.5 Å². The number of fused-ring (bicyclic) bond motifs is 5. The molecule has 0 aromatic heterocycles. The van der Waals surface area contributed by atoms with Gasteiger partial charge in [0, 0.05) is 0 Å². The molecule has 1 heterocycles. The number of hydrogen-bond donors (Lipinski definition) is 5. The van der Waals surface area contributed by atoms with Crippen molar-refractivity contribution in [1.29, 1.82) is 0 Å². The molecule has 42 heavy (non-hydrogen) atoms. The first-order chi connectivity index (χ1) is 19.3. The highest BCUT2D eigenvalue weighted by molar-refractivity contribution is 7.81. The first-order valence-corrected chi connectivity index (χ1v) is 17.4. The van der Waals surface area contributed by atoms with Crippen LogP contribution in [0.4, 0.5) is 0 Å². The minimum absolute atomic E-state index is 0.0940. The van der Waals surface area contributed by atoms with Gasteiger partial charge in [-0.1, -0.05) is 25.5 Å². The Morgan fingerprint density at radius 1 is 0.976 bits per heavy atom. The van der Waals surface area contributed by atoms with Crippen LogP contribution >= 0.6 is 0 Å². The SMILES string of the molecule is C[C@H](O)[C@H]1CC[C@H]2[C@@H]3C[C@H](O[C@@H]4O[C@H](C)[C@H](OS(=O)(=O)O)[C@@H](O)[C@H]4O)[C@H]4C[C@@H](OS(=O)(=O)O)CC[C@]4(C)C3=CC[C@]12C. The maximum Gasteiger partial charge on any atom is 0.397 e. The molecule has 0 spiro atoms. The van der Waals surface area contributed by atoms with Gasteiger partial charge in [0.05, 0.1) is 24.4 Å². The van der Waals surface area contributed by atoms with Crippen molar-refractivity contribution >= 4 is 20.8 Å². The van der Waals surface area contributed by atoms with Crippen LogP contribution in [-0.4, -0.2) is 90.3 Å². The van der Waals surface area contributed by atoms with Crippen LogP contribution in [0.2, 0.25) is 0 Å². The van der Waals surface area contributed by atoms with E-state index in [4.69, 9.17) is 18.2 Å². The molecular weight excluding hydrogens is 596 g/mol. The van der Waals surface area contributed by atoms with Crippen LogP contribution in [0.1, 0.15) is 72.6 Å². The molecule has 0 aromatic rings. The van der Waals surface area contributed by atoms with Gasteiger partial charge in [-0.2, -0.15) is 16.8 Å². The van der Waals surface area contributed by atoms with E-state index >= 15 is 0 Å². The Morgan fingerprint density at radius 3 is 2.26 bits per heavy atom. The van der Waals surface area contributed by atoms with E-state index in [1.807, 2.05) is 6.92 Å². The lowest BCUT2D eigenvalue weighted by Gasteiger charge is -2.59. The molecule has 4 fully saturated rings. The van der Waals surface area contributed by atoms with Gasteiger partial charge in [0.1, 0.15) is 18.3 Å². The van der Waals surface area contributed by atoms with Crippen molar-refractivity contribution in [3.05, 3.63) is 11.6 Å². The van der Waals surface area contributed by atoms with Crippen molar-refractivity contribution in [2.24, 2.45) is 34.5 Å². The number of rotatable bonds is 7. The normalized spacial score (nSPS) is 48.5. The lowest BCUT2D eigenvalue weighted by atomic mass is 9.48. The highest BCUT2D eigenvalue weighted by Gasteiger charge is 2.61. The molecule has 5 N–H and O–H groups in total. The molecular formula is C27H44O13S2. The van der Waals surface area contributed by atoms with Crippen molar-refractivity contribution < 1.29 is 59.1 Å². The van der Waals surface area contributed by atoms with Gasteiger partial charge in [0.15, 0.2) is 6.29 Å². The topological polar surface area (TPSA) is 206 Å². The lowest BCUT2D eigenvalue weighted by molar-refractivity contribution is -0.312. The Kier molecular flexibility index (Phi) is 8.76. The average molecular weight is 641 g/mol. The fraction of sp³-hybridized carbons (Fsp3) is 0.926. The summed E-state index contributed by atoms with van der Waals surface area (Å²) in [5.41, 5.74) is 0.747. The molecule has 242 valence electrons. The summed E-state index contributed by atoms with van der Waals surface area (Å²) < 4.78 is 86.0. The van der Waals surface area contributed by atoms with Crippen LogP contribution < -0.4 is 0 Å². The minimum Gasteiger partial charge on any atom is -0.393 e. The zero-order valence-corrected chi connectivity index (χ0v) is 25.9. The van der Waals surface area contributed by atoms with E-state index in [2.05, 4.69) is 24.1 Å². The molecule has 0 aromatic carbocycles. The van der Waals surface area contributed by atoms with Crippen LogP contribution in [0.25, 0.3) is 0 Å². The van der Waals surface area contributed by atoms with Crippen LogP contribution in [0, 0.1) is 34.5 Å². The molecule has 3 saturated carbocycles. The van der Waals surface area contributed by atoms with Gasteiger partial charge in [-0.25, -0.2) is 8.37 Å². The fourth-order valence-electron chi connectivity index (χ4n) is 9.31. The summed E-state index contributed by atoms with van der Waals surface area (Å²) in [5, 5.41) is 32.2. The molecule has 5 aliphatic rings.